The number of halogens is 3. The van der Waals surface area contributed by atoms with Gasteiger partial charge in [0, 0.05) is 12.1 Å². The lowest BCUT2D eigenvalue weighted by Gasteiger charge is -2.19. The van der Waals surface area contributed by atoms with E-state index in [4.69, 9.17) is 23.4 Å². The Balaban J connectivity index is 1.71. The summed E-state index contributed by atoms with van der Waals surface area (Å²) in [5.41, 5.74) is -0.636. The van der Waals surface area contributed by atoms with Crippen LogP contribution >= 0.6 is 0 Å². The molecule has 0 atom stereocenters. The van der Waals surface area contributed by atoms with Crippen molar-refractivity contribution in [1.82, 2.24) is 0 Å². The summed E-state index contributed by atoms with van der Waals surface area (Å²) >= 11 is 0. The van der Waals surface area contributed by atoms with E-state index >= 15 is 0 Å². The topological polar surface area (TPSA) is 84.2 Å². The number of hydrogen-bond acceptors (Lipinski definition) is 7. The third kappa shape index (κ3) is 6.00. The normalized spacial score (nSPS) is 11.8. The summed E-state index contributed by atoms with van der Waals surface area (Å²) in [7, 11) is 2.82. The van der Waals surface area contributed by atoms with Crippen molar-refractivity contribution in [3.63, 3.8) is 0 Å². The number of carbonyl (C=O) groups excluding carboxylic acids is 1. The van der Waals surface area contributed by atoms with Gasteiger partial charge in [-0.15, -0.1) is 0 Å². The predicted molar refractivity (Wildman–Crippen MR) is 137 cm³/mol. The maximum Gasteiger partial charge on any atom is 0.453 e. The van der Waals surface area contributed by atoms with Gasteiger partial charge in [0.25, 0.3) is 5.76 Å². The second kappa shape index (κ2) is 10.4. The van der Waals surface area contributed by atoms with Crippen LogP contribution in [0.15, 0.2) is 69.9 Å². The Bertz CT molecular complexity index is 1560. The number of esters is 1. The number of methoxy groups -OCH3 is 2. The fourth-order valence-electron chi connectivity index (χ4n) is 3.73. The van der Waals surface area contributed by atoms with Crippen LogP contribution < -0.4 is 24.4 Å². The van der Waals surface area contributed by atoms with Crippen LogP contribution in [-0.2, 0) is 11.6 Å². The maximum absolute atomic E-state index is 13.9. The first-order valence-electron chi connectivity index (χ1n) is 11.7. The number of hydrogen-bond donors (Lipinski definition) is 0. The predicted octanol–water partition coefficient (Wildman–Crippen LogP) is 7.14. The van der Waals surface area contributed by atoms with Crippen LogP contribution in [0.5, 0.6) is 28.7 Å². The third-order valence-corrected chi connectivity index (χ3v) is 5.82. The zero-order valence-electron chi connectivity index (χ0n) is 21.8. The number of benzene rings is 3. The molecule has 10 heteroatoms. The van der Waals surface area contributed by atoms with Gasteiger partial charge in [0.1, 0.15) is 28.6 Å². The molecule has 0 saturated carbocycles. The monoisotopic (exact) mass is 542 g/mol. The number of alkyl halides is 3. The van der Waals surface area contributed by atoms with Gasteiger partial charge in [0.05, 0.1) is 25.2 Å². The van der Waals surface area contributed by atoms with Gasteiger partial charge in [-0.1, -0.05) is 32.9 Å². The van der Waals surface area contributed by atoms with Crippen molar-refractivity contribution in [2.24, 2.45) is 0 Å². The lowest BCUT2D eigenvalue weighted by Crippen LogP contribution is -2.16. The molecule has 4 rings (SSSR count). The number of carbonyl (C=O) groups is 1. The highest BCUT2D eigenvalue weighted by Gasteiger charge is 2.40. The van der Waals surface area contributed by atoms with E-state index in [1.165, 1.54) is 50.6 Å². The van der Waals surface area contributed by atoms with E-state index in [1.807, 2.05) is 20.8 Å². The molecule has 0 N–H and O–H groups in total. The average Bonchev–Trinajstić information content (AvgIpc) is 2.88. The van der Waals surface area contributed by atoms with E-state index in [9.17, 15) is 22.8 Å². The first-order valence-corrected chi connectivity index (χ1v) is 11.7. The van der Waals surface area contributed by atoms with E-state index in [0.29, 0.717) is 11.5 Å². The number of fused-ring (bicyclic) bond motifs is 1. The molecule has 0 unspecified atom stereocenters. The van der Waals surface area contributed by atoms with Gasteiger partial charge in [-0.25, -0.2) is 4.79 Å². The Morgan fingerprint density at radius 3 is 1.92 bits per heavy atom. The van der Waals surface area contributed by atoms with Crippen LogP contribution in [0.2, 0.25) is 0 Å². The summed E-state index contributed by atoms with van der Waals surface area (Å²) in [5.74, 6) is -2.87. The van der Waals surface area contributed by atoms with Gasteiger partial charge in [-0.3, -0.25) is 4.79 Å². The molecule has 0 aliphatic rings. The minimum absolute atomic E-state index is 0.0411. The Morgan fingerprint density at radius 1 is 0.795 bits per heavy atom. The van der Waals surface area contributed by atoms with Crippen molar-refractivity contribution < 1.29 is 41.3 Å². The molecule has 0 bridgehead atoms. The van der Waals surface area contributed by atoms with Crippen molar-refractivity contribution in [3.8, 4) is 28.7 Å². The second-order valence-electron chi connectivity index (χ2n) is 9.61. The number of rotatable bonds is 6. The van der Waals surface area contributed by atoms with Gasteiger partial charge in [0.2, 0.25) is 11.2 Å². The van der Waals surface area contributed by atoms with E-state index in [0.717, 1.165) is 11.6 Å². The molecule has 204 valence electrons. The van der Waals surface area contributed by atoms with Crippen molar-refractivity contribution in [2.75, 3.05) is 14.2 Å². The molecule has 0 aliphatic heterocycles. The molecule has 7 nitrogen and oxygen atoms in total. The quantitative estimate of drug-likeness (QED) is 0.189. The molecule has 0 fully saturated rings. The highest BCUT2D eigenvalue weighted by molar-refractivity contribution is 5.92. The van der Waals surface area contributed by atoms with Crippen LogP contribution in [0, 0.1) is 0 Å². The van der Waals surface area contributed by atoms with Crippen molar-refractivity contribution in [3.05, 3.63) is 87.8 Å². The van der Waals surface area contributed by atoms with E-state index in [-0.39, 0.29) is 27.9 Å². The summed E-state index contributed by atoms with van der Waals surface area (Å²) < 4.78 is 67.9. The first kappa shape index (κ1) is 27.6. The Labute approximate surface area is 221 Å². The molecular weight excluding hydrogens is 517 g/mol. The molecule has 0 amide bonds. The van der Waals surface area contributed by atoms with Crippen LogP contribution in [0.1, 0.15) is 42.5 Å². The molecular formula is C29H25F3O7. The number of ether oxygens (including phenoxy) is 4. The Hall–Kier alpha value is -4.47. The molecule has 0 spiro atoms. The van der Waals surface area contributed by atoms with E-state index in [1.54, 1.807) is 18.2 Å². The minimum atomic E-state index is -5.04. The van der Waals surface area contributed by atoms with Gasteiger partial charge in [0.15, 0.2) is 0 Å². The molecule has 0 radical (unpaired) electrons. The van der Waals surface area contributed by atoms with E-state index in [2.05, 4.69) is 0 Å². The lowest BCUT2D eigenvalue weighted by molar-refractivity contribution is -0.154. The summed E-state index contributed by atoms with van der Waals surface area (Å²) in [6, 6.07) is 14.3. The minimum Gasteiger partial charge on any atom is -0.497 e. The standard InChI is InChI=1S/C29H25F3O7/c1-28(2,3)17-6-8-18(9-7-17)37-25-24(33)22-11-10-19(15-23(22)39-26(25)29(30,31)32)38-27(34)16-12-20(35-4)14-21(13-16)36-5/h6-15H,1-5H3. The van der Waals surface area contributed by atoms with Crippen LogP contribution in [0.4, 0.5) is 13.2 Å². The third-order valence-electron chi connectivity index (χ3n) is 5.82. The largest absolute Gasteiger partial charge is 0.497 e. The zero-order chi connectivity index (χ0) is 28.5. The summed E-state index contributed by atoms with van der Waals surface area (Å²) in [6.45, 7) is 5.96. The fourth-order valence-corrected chi connectivity index (χ4v) is 3.73. The maximum atomic E-state index is 13.9. The second-order valence-corrected chi connectivity index (χ2v) is 9.61. The SMILES string of the molecule is COc1cc(OC)cc(C(=O)Oc2ccc3c(=O)c(Oc4ccc(C(C)(C)C)cc4)c(C(F)(F)F)oc3c2)c1. The molecule has 0 saturated heterocycles. The summed E-state index contributed by atoms with van der Waals surface area (Å²) in [5, 5.41) is -0.188. The fraction of sp³-hybridized carbons (Fsp3) is 0.241. The van der Waals surface area contributed by atoms with Crippen LogP contribution in [-0.4, -0.2) is 20.2 Å². The van der Waals surface area contributed by atoms with Gasteiger partial charge in [-0.2, -0.15) is 13.2 Å². The molecule has 3 aromatic carbocycles. The van der Waals surface area contributed by atoms with Crippen molar-refractivity contribution >= 4 is 16.9 Å². The Kier molecular flexibility index (Phi) is 7.32. The van der Waals surface area contributed by atoms with Crippen molar-refractivity contribution in [2.45, 2.75) is 32.4 Å². The average molecular weight is 543 g/mol. The van der Waals surface area contributed by atoms with Gasteiger partial charge >= 0.3 is 12.1 Å². The molecule has 1 aromatic heterocycles. The highest BCUT2D eigenvalue weighted by Crippen LogP contribution is 2.39. The van der Waals surface area contributed by atoms with E-state index < -0.39 is 34.7 Å². The molecule has 1 heterocycles. The molecule has 39 heavy (non-hydrogen) atoms. The zero-order valence-corrected chi connectivity index (χ0v) is 21.8. The van der Waals surface area contributed by atoms with Gasteiger partial charge in [-0.05, 0) is 47.4 Å². The molecule has 0 aliphatic carbocycles. The van der Waals surface area contributed by atoms with Crippen LogP contribution in [0.25, 0.3) is 11.0 Å². The van der Waals surface area contributed by atoms with Crippen LogP contribution in [0.3, 0.4) is 0 Å². The lowest BCUT2D eigenvalue weighted by atomic mass is 9.87. The molecule has 4 aromatic rings. The summed E-state index contributed by atoms with van der Waals surface area (Å²) in [6.07, 6.45) is -5.04. The first-order chi connectivity index (χ1) is 18.3. The Morgan fingerprint density at radius 2 is 1.38 bits per heavy atom. The summed E-state index contributed by atoms with van der Waals surface area (Å²) in [4.78, 5) is 25.8. The smallest absolute Gasteiger partial charge is 0.453 e. The van der Waals surface area contributed by atoms with Crippen molar-refractivity contribution in [1.29, 1.82) is 0 Å². The van der Waals surface area contributed by atoms with Gasteiger partial charge < -0.3 is 23.4 Å². The highest BCUT2D eigenvalue weighted by atomic mass is 19.4.